The first-order valence-corrected chi connectivity index (χ1v) is 5.04. The molecule has 0 fully saturated rings. The minimum absolute atomic E-state index is 0.0197. The summed E-state index contributed by atoms with van der Waals surface area (Å²) < 4.78 is 5.26. The van der Waals surface area contributed by atoms with Gasteiger partial charge in [-0.25, -0.2) is 4.98 Å². The molecule has 1 rings (SSSR count). The zero-order valence-electron chi connectivity index (χ0n) is 9.77. The Morgan fingerprint density at radius 2 is 2.29 bits per heavy atom. The van der Waals surface area contributed by atoms with Crippen LogP contribution in [0.3, 0.4) is 0 Å². The van der Waals surface area contributed by atoms with Crippen molar-refractivity contribution in [2.75, 3.05) is 19.0 Å². The molecule has 92 valence electrons. The van der Waals surface area contributed by atoms with Crippen molar-refractivity contribution in [2.45, 2.75) is 13.3 Å². The first-order valence-electron chi connectivity index (χ1n) is 5.04. The molecule has 0 unspecified atom stereocenters. The second-order valence-electron chi connectivity index (χ2n) is 3.22. The van der Waals surface area contributed by atoms with Gasteiger partial charge < -0.3 is 10.1 Å². The van der Waals surface area contributed by atoms with Gasteiger partial charge in [-0.3, -0.25) is 10.1 Å². The van der Waals surface area contributed by atoms with Crippen molar-refractivity contribution in [2.24, 2.45) is 0 Å². The molecule has 0 saturated carbocycles. The molecule has 0 radical (unpaired) electrons. The van der Waals surface area contributed by atoms with Crippen LogP contribution in [0.1, 0.15) is 12.1 Å². The van der Waals surface area contributed by atoms with Crippen LogP contribution in [0.2, 0.25) is 0 Å². The number of ether oxygens (including phenoxy) is 1. The van der Waals surface area contributed by atoms with Gasteiger partial charge >= 0.3 is 5.69 Å². The number of hydrogen-bond acceptors (Lipinski definition) is 6. The molecule has 17 heavy (non-hydrogen) atoms. The van der Waals surface area contributed by atoms with Crippen molar-refractivity contribution >= 4 is 11.6 Å². The normalized spacial score (nSPS) is 9.76. The van der Waals surface area contributed by atoms with Gasteiger partial charge in [0, 0.05) is 7.05 Å². The molecule has 1 N–H and O–H groups in total. The van der Waals surface area contributed by atoms with Gasteiger partial charge in [0.2, 0.25) is 5.95 Å². The highest BCUT2D eigenvalue weighted by Gasteiger charge is 2.23. The standard InChI is InChI=1S/C10H14N4O3/c1-4-5-6-17-9-8(14(15)16)7(2)12-10(11-3)13-9/h4H,1,5-6H2,2-3H3,(H,11,12,13). The van der Waals surface area contributed by atoms with Gasteiger partial charge in [0.25, 0.3) is 5.88 Å². The largest absolute Gasteiger partial charge is 0.472 e. The molecule has 0 aliphatic carbocycles. The van der Waals surface area contributed by atoms with Crippen LogP contribution < -0.4 is 10.1 Å². The van der Waals surface area contributed by atoms with E-state index in [9.17, 15) is 10.1 Å². The minimum Gasteiger partial charge on any atom is -0.472 e. The fraction of sp³-hybridized carbons (Fsp3) is 0.400. The van der Waals surface area contributed by atoms with E-state index in [1.54, 1.807) is 20.0 Å². The van der Waals surface area contributed by atoms with E-state index < -0.39 is 4.92 Å². The molecule has 0 saturated heterocycles. The van der Waals surface area contributed by atoms with Crippen LogP contribution in [0.25, 0.3) is 0 Å². The van der Waals surface area contributed by atoms with Crippen molar-refractivity contribution < 1.29 is 9.66 Å². The maximum Gasteiger partial charge on any atom is 0.352 e. The molecule has 7 heteroatoms. The summed E-state index contributed by atoms with van der Waals surface area (Å²) in [7, 11) is 1.63. The molecule has 0 atom stereocenters. The van der Waals surface area contributed by atoms with E-state index >= 15 is 0 Å². The Hall–Kier alpha value is -2.18. The zero-order valence-corrected chi connectivity index (χ0v) is 9.77. The Labute approximate surface area is 98.7 Å². The fourth-order valence-electron chi connectivity index (χ4n) is 1.20. The molecule has 0 amide bonds. The Kier molecular flexibility index (Phi) is 4.38. The molecule has 0 aliphatic heterocycles. The summed E-state index contributed by atoms with van der Waals surface area (Å²) in [6, 6.07) is 0. The lowest BCUT2D eigenvalue weighted by molar-refractivity contribution is -0.387. The SMILES string of the molecule is C=CCCOc1nc(NC)nc(C)c1[N+](=O)[O-]. The zero-order chi connectivity index (χ0) is 12.8. The summed E-state index contributed by atoms with van der Waals surface area (Å²) >= 11 is 0. The van der Waals surface area contributed by atoms with E-state index in [2.05, 4.69) is 21.9 Å². The van der Waals surface area contributed by atoms with E-state index in [0.717, 1.165) is 0 Å². The lowest BCUT2D eigenvalue weighted by Crippen LogP contribution is -2.07. The second kappa shape index (κ2) is 5.78. The Balaban J connectivity index is 3.08. The first kappa shape index (κ1) is 12.9. The highest BCUT2D eigenvalue weighted by Crippen LogP contribution is 2.28. The summed E-state index contributed by atoms with van der Waals surface area (Å²) in [5.74, 6) is 0.274. The maximum atomic E-state index is 10.9. The van der Waals surface area contributed by atoms with Gasteiger partial charge in [0.15, 0.2) is 0 Å². The molecule has 0 bridgehead atoms. The third-order valence-electron chi connectivity index (χ3n) is 1.99. The van der Waals surface area contributed by atoms with E-state index in [0.29, 0.717) is 19.0 Å². The van der Waals surface area contributed by atoms with Crippen molar-refractivity contribution in [1.29, 1.82) is 0 Å². The summed E-state index contributed by atoms with van der Waals surface area (Å²) in [6.45, 7) is 5.38. The second-order valence-corrected chi connectivity index (χ2v) is 3.22. The monoisotopic (exact) mass is 238 g/mol. The Morgan fingerprint density at radius 1 is 1.59 bits per heavy atom. The van der Waals surface area contributed by atoms with Crippen LogP contribution in [0.15, 0.2) is 12.7 Å². The third-order valence-corrected chi connectivity index (χ3v) is 1.99. The summed E-state index contributed by atoms with van der Waals surface area (Å²) in [6.07, 6.45) is 2.26. The van der Waals surface area contributed by atoms with Gasteiger partial charge in [-0.1, -0.05) is 6.08 Å². The highest BCUT2D eigenvalue weighted by atomic mass is 16.6. The molecule has 1 heterocycles. The lowest BCUT2D eigenvalue weighted by atomic mass is 10.3. The highest BCUT2D eigenvalue weighted by molar-refractivity contribution is 5.48. The number of aryl methyl sites for hydroxylation is 1. The number of nitro groups is 1. The third kappa shape index (κ3) is 3.13. The summed E-state index contributed by atoms with van der Waals surface area (Å²) in [5.41, 5.74) is 0.0658. The molecule has 1 aromatic rings. The molecule has 7 nitrogen and oxygen atoms in total. The van der Waals surface area contributed by atoms with Gasteiger partial charge in [-0.05, 0) is 13.3 Å². The fourth-order valence-corrected chi connectivity index (χ4v) is 1.20. The molecule has 0 aromatic carbocycles. The topological polar surface area (TPSA) is 90.2 Å². The predicted octanol–water partition coefficient (Wildman–Crippen LogP) is 1.69. The van der Waals surface area contributed by atoms with Gasteiger partial charge in [0.05, 0.1) is 11.5 Å². The lowest BCUT2D eigenvalue weighted by Gasteiger charge is -2.07. The van der Waals surface area contributed by atoms with Crippen molar-refractivity contribution in [3.8, 4) is 5.88 Å². The number of hydrogen-bond donors (Lipinski definition) is 1. The number of aromatic nitrogens is 2. The smallest absolute Gasteiger partial charge is 0.352 e. The number of nitrogens with one attached hydrogen (secondary N) is 1. The molecule has 0 spiro atoms. The summed E-state index contributed by atoms with van der Waals surface area (Å²) in [5, 5.41) is 13.6. The van der Waals surface area contributed by atoms with E-state index in [-0.39, 0.29) is 17.3 Å². The molecular weight excluding hydrogens is 224 g/mol. The van der Waals surface area contributed by atoms with Crippen LogP contribution in [0.5, 0.6) is 5.88 Å². The van der Waals surface area contributed by atoms with Crippen LogP contribution in [0, 0.1) is 17.0 Å². The average Bonchev–Trinajstić information content (AvgIpc) is 2.28. The first-order chi connectivity index (χ1) is 8.10. The molecule has 0 aliphatic rings. The van der Waals surface area contributed by atoms with Crippen molar-refractivity contribution in [3.63, 3.8) is 0 Å². The van der Waals surface area contributed by atoms with Crippen LogP contribution in [-0.4, -0.2) is 28.5 Å². The average molecular weight is 238 g/mol. The van der Waals surface area contributed by atoms with Gasteiger partial charge in [0.1, 0.15) is 5.69 Å². The Bertz CT molecular complexity index is 434. The van der Waals surface area contributed by atoms with Crippen molar-refractivity contribution in [3.05, 3.63) is 28.5 Å². The van der Waals surface area contributed by atoms with E-state index in [1.807, 2.05) is 0 Å². The predicted molar refractivity (Wildman–Crippen MR) is 63.3 cm³/mol. The van der Waals surface area contributed by atoms with Crippen LogP contribution >= 0.6 is 0 Å². The molecule has 1 aromatic heterocycles. The quantitative estimate of drug-likeness (QED) is 0.351. The maximum absolute atomic E-state index is 10.9. The van der Waals surface area contributed by atoms with E-state index in [4.69, 9.17) is 4.74 Å². The van der Waals surface area contributed by atoms with Crippen LogP contribution in [-0.2, 0) is 0 Å². The van der Waals surface area contributed by atoms with E-state index in [1.165, 1.54) is 0 Å². The number of nitrogens with zero attached hydrogens (tertiary/aromatic N) is 3. The van der Waals surface area contributed by atoms with Crippen molar-refractivity contribution in [1.82, 2.24) is 9.97 Å². The van der Waals surface area contributed by atoms with Gasteiger partial charge in [-0.15, -0.1) is 6.58 Å². The number of rotatable bonds is 6. The Morgan fingerprint density at radius 3 is 2.82 bits per heavy atom. The minimum atomic E-state index is -0.544. The van der Waals surface area contributed by atoms with Crippen LogP contribution in [0.4, 0.5) is 11.6 Å². The van der Waals surface area contributed by atoms with Gasteiger partial charge in [-0.2, -0.15) is 4.98 Å². The summed E-state index contributed by atoms with van der Waals surface area (Å²) in [4.78, 5) is 18.2. The number of anilines is 1. The molecular formula is C10H14N4O3.